The molecule has 3 aliphatic heterocycles. The first kappa shape index (κ1) is 27.4. The van der Waals surface area contributed by atoms with Crippen molar-refractivity contribution in [3.05, 3.63) is 102 Å². The lowest BCUT2D eigenvalue weighted by atomic mass is 9.70. The van der Waals surface area contributed by atoms with Crippen molar-refractivity contribution < 1.29 is 9.90 Å². The van der Waals surface area contributed by atoms with Crippen LogP contribution in [0.1, 0.15) is 74.0 Å². The number of imidazole rings is 1. The molecule has 0 radical (unpaired) electrons. The number of carbonyl (C=O) groups is 1. The smallest absolute Gasteiger partial charge is 0.325 e. The van der Waals surface area contributed by atoms with Crippen molar-refractivity contribution in [3.8, 4) is 0 Å². The summed E-state index contributed by atoms with van der Waals surface area (Å²) in [5, 5.41) is 10.2. The monoisotopic (exact) mass is 562 g/mol. The van der Waals surface area contributed by atoms with E-state index in [1.165, 1.54) is 36.8 Å². The summed E-state index contributed by atoms with van der Waals surface area (Å²) in [6.07, 6.45) is 8.06. The van der Waals surface area contributed by atoms with Crippen LogP contribution in [0.3, 0.4) is 0 Å². The van der Waals surface area contributed by atoms with Gasteiger partial charge in [0.05, 0.1) is 11.0 Å². The number of likely N-dealkylation sites (tertiary alicyclic amines) is 1. The molecular weight excluding hydrogens is 520 g/mol. The highest BCUT2D eigenvalue weighted by molar-refractivity contribution is 5.76. The van der Waals surface area contributed by atoms with Crippen molar-refractivity contribution in [2.24, 2.45) is 0 Å². The number of para-hydroxylation sites is 2. The van der Waals surface area contributed by atoms with Gasteiger partial charge >= 0.3 is 5.97 Å². The second-order valence-corrected chi connectivity index (χ2v) is 12.8. The van der Waals surface area contributed by atoms with E-state index < -0.39 is 12.0 Å². The molecule has 1 unspecified atom stereocenters. The molecule has 3 fully saturated rings. The van der Waals surface area contributed by atoms with Gasteiger partial charge in [-0.15, -0.1) is 0 Å². The Morgan fingerprint density at radius 2 is 1.50 bits per heavy atom. The highest BCUT2D eigenvalue weighted by Gasteiger charge is 2.44. The van der Waals surface area contributed by atoms with Gasteiger partial charge < -0.3 is 9.67 Å². The third-order valence-corrected chi connectivity index (χ3v) is 10.7. The molecule has 218 valence electrons. The fourth-order valence-corrected chi connectivity index (χ4v) is 8.62. The number of carboxylic acids is 1. The van der Waals surface area contributed by atoms with E-state index in [4.69, 9.17) is 4.98 Å². The largest absolute Gasteiger partial charge is 0.480 e. The Morgan fingerprint density at radius 1 is 0.881 bits per heavy atom. The number of aromatic nitrogens is 2. The lowest BCUT2D eigenvalue weighted by Gasteiger charge is -2.46. The first-order chi connectivity index (χ1) is 20.5. The SMILES string of the molecule is Cc1nc2ccccc2n1[C@H]1C[C@H]2CC[C@@H](C1)N2CCC1(c2ccccc2)CCN(C(C(=O)O)c2ccccc2)CC1. The standard InChI is InChI=1S/C36H42N4O2/c1-26-37-32-14-8-9-15-33(32)40(26)31-24-29-16-17-30(25-31)39(29)23-20-36(28-12-6-3-7-13-28)18-21-38(22-19-36)34(35(41)42)27-10-4-2-5-11-27/h2-15,29-31,34H,16-25H2,1H3,(H,41,42)/t29-,30+,31+,34?. The second-order valence-electron chi connectivity index (χ2n) is 12.8. The minimum absolute atomic E-state index is 0.0743. The lowest BCUT2D eigenvalue weighted by molar-refractivity contribution is -0.144. The molecule has 7 rings (SSSR count). The van der Waals surface area contributed by atoms with Crippen LogP contribution in [-0.2, 0) is 10.2 Å². The summed E-state index contributed by atoms with van der Waals surface area (Å²) in [6, 6.07) is 30.5. The number of fused-ring (bicyclic) bond motifs is 3. The van der Waals surface area contributed by atoms with Gasteiger partial charge in [0.15, 0.2) is 0 Å². The summed E-state index contributed by atoms with van der Waals surface area (Å²) < 4.78 is 2.52. The Kier molecular flexibility index (Phi) is 7.37. The molecule has 42 heavy (non-hydrogen) atoms. The summed E-state index contributed by atoms with van der Waals surface area (Å²) >= 11 is 0. The lowest BCUT2D eigenvalue weighted by Crippen LogP contribution is -2.49. The van der Waals surface area contributed by atoms with Gasteiger partial charge in [-0.05, 0) is 87.1 Å². The molecule has 1 N–H and O–H groups in total. The summed E-state index contributed by atoms with van der Waals surface area (Å²) in [4.78, 5) is 22.3. The van der Waals surface area contributed by atoms with E-state index in [2.05, 4.69) is 75.9 Å². The quantitative estimate of drug-likeness (QED) is 0.257. The van der Waals surface area contributed by atoms with Crippen molar-refractivity contribution in [1.82, 2.24) is 19.4 Å². The van der Waals surface area contributed by atoms with Gasteiger partial charge in [0.1, 0.15) is 11.9 Å². The molecule has 4 aromatic rings. The van der Waals surface area contributed by atoms with Gasteiger partial charge in [-0.25, -0.2) is 4.98 Å². The maximum atomic E-state index is 12.4. The van der Waals surface area contributed by atoms with Crippen molar-refractivity contribution in [3.63, 3.8) is 0 Å². The Balaban J connectivity index is 1.08. The van der Waals surface area contributed by atoms with Crippen LogP contribution < -0.4 is 0 Å². The van der Waals surface area contributed by atoms with Gasteiger partial charge in [-0.2, -0.15) is 0 Å². The summed E-state index contributed by atoms with van der Waals surface area (Å²) in [7, 11) is 0. The van der Waals surface area contributed by atoms with Gasteiger partial charge in [0, 0.05) is 31.2 Å². The van der Waals surface area contributed by atoms with Crippen LogP contribution in [0.15, 0.2) is 84.9 Å². The Labute approximate surface area is 249 Å². The van der Waals surface area contributed by atoms with E-state index in [0.29, 0.717) is 18.1 Å². The molecule has 2 bridgehead atoms. The first-order valence-electron chi connectivity index (χ1n) is 15.8. The molecular formula is C36H42N4O2. The van der Waals surface area contributed by atoms with Crippen LogP contribution in [0.5, 0.6) is 0 Å². The average molecular weight is 563 g/mol. The fraction of sp³-hybridized carbons (Fsp3) is 0.444. The summed E-state index contributed by atoms with van der Waals surface area (Å²) in [6.45, 7) is 4.87. The van der Waals surface area contributed by atoms with Gasteiger partial charge in [-0.3, -0.25) is 14.6 Å². The average Bonchev–Trinajstić information content (AvgIpc) is 3.48. The van der Waals surface area contributed by atoms with Crippen LogP contribution in [0, 0.1) is 6.92 Å². The van der Waals surface area contributed by atoms with Gasteiger partial charge in [0.25, 0.3) is 0 Å². The van der Waals surface area contributed by atoms with Crippen molar-refractivity contribution in [1.29, 1.82) is 0 Å². The minimum atomic E-state index is -0.756. The number of nitrogens with zero attached hydrogens (tertiary/aromatic N) is 4. The highest BCUT2D eigenvalue weighted by Crippen LogP contribution is 2.45. The van der Waals surface area contributed by atoms with E-state index in [1.54, 1.807) is 0 Å². The third kappa shape index (κ3) is 4.95. The molecule has 4 heterocycles. The van der Waals surface area contributed by atoms with Crippen LogP contribution in [0.2, 0.25) is 0 Å². The Hall–Kier alpha value is -3.48. The highest BCUT2D eigenvalue weighted by atomic mass is 16.4. The van der Waals surface area contributed by atoms with Crippen LogP contribution >= 0.6 is 0 Å². The molecule has 6 nitrogen and oxygen atoms in total. The molecule has 0 amide bonds. The van der Waals surface area contributed by atoms with E-state index >= 15 is 0 Å². The topological polar surface area (TPSA) is 61.6 Å². The van der Waals surface area contributed by atoms with E-state index in [1.807, 2.05) is 30.3 Å². The minimum Gasteiger partial charge on any atom is -0.480 e. The molecule has 4 atom stereocenters. The molecule has 0 saturated carbocycles. The van der Waals surface area contributed by atoms with Gasteiger partial charge in [0.2, 0.25) is 0 Å². The zero-order chi connectivity index (χ0) is 28.7. The Bertz CT molecular complexity index is 1510. The van der Waals surface area contributed by atoms with Gasteiger partial charge in [-0.1, -0.05) is 72.8 Å². The number of hydrogen-bond donors (Lipinski definition) is 1. The van der Waals surface area contributed by atoms with Crippen LogP contribution in [-0.4, -0.2) is 62.1 Å². The second kappa shape index (κ2) is 11.3. The summed E-state index contributed by atoms with van der Waals surface area (Å²) in [5.41, 5.74) is 4.75. The maximum absolute atomic E-state index is 12.4. The molecule has 3 aliphatic rings. The molecule has 0 spiro atoms. The first-order valence-corrected chi connectivity index (χ1v) is 15.8. The normalized spacial score (nSPS) is 25.0. The molecule has 3 aromatic carbocycles. The zero-order valence-corrected chi connectivity index (χ0v) is 24.6. The van der Waals surface area contributed by atoms with Crippen LogP contribution in [0.25, 0.3) is 11.0 Å². The predicted molar refractivity (Wildman–Crippen MR) is 167 cm³/mol. The van der Waals surface area contributed by atoms with E-state index in [-0.39, 0.29) is 5.41 Å². The fourth-order valence-electron chi connectivity index (χ4n) is 8.62. The van der Waals surface area contributed by atoms with Crippen LogP contribution in [0.4, 0.5) is 0 Å². The maximum Gasteiger partial charge on any atom is 0.325 e. The van der Waals surface area contributed by atoms with Crippen molar-refractivity contribution in [2.75, 3.05) is 19.6 Å². The number of aliphatic carboxylic acids is 1. The van der Waals surface area contributed by atoms with Crippen molar-refractivity contribution in [2.45, 2.75) is 81.5 Å². The molecule has 1 aromatic heterocycles. The summed E-state index contributed by atoms with van der Waals surface area (Å²) in [5.74, 6) is 0.382. The van der Waals surface area contributed by atoms with Crippen molar-refractivity contribution >= 4 is 17.0 Å². The predicted octanol–water partition coefficient (Wildman–Crippen LogP) is 6.76. The zero-order valence-electron chi connectivity index (χ0n) is 24.6. The number of rotatable bonds is 8. The Morgan fingerprint density at radius 3 is 2.17 bits per heavy atom. The number of piperidine rings is 2. The number of hydrogen-bond acceptors (Lipinski definition) is 4. The van der Waals surface area contributed by atoms with E-state index in [0.717, 1.165) is 55.8 Å². The number of aryl methyl sites for hydroxylation is 1. The van der Waals surface area contributed by atoms with E-state index in [9.17, 15) is 9.90 Å². The molecule has 3 saturated heterocycles. The number of benzene rings is 3. The molecule has 0 aliphatic carbocycles. The number of carboxylic acid groups (broad SMARTS) is 1. The third-order valence-electron chi connectivity index (χ3n) is 10.7. The molecule has 6 heteroatoms.